The van der Waals surface area contributed by atoms with E-state index in [9.17, 15) is 18.4 Å². The Labute approximate surface area is 154 Å². The zero-order valence-electron chi connectivity index (χ0n) is 14.3. The number of hydrogen-bond donors (Lipinski definition) is 1. The number of pyridine rings is 1. The minimum atomic E-state index is -0.903. The minimum Gasteiger partial charge on any atom is -0.316 e. The maximum absolute atomic E-state index is 13.7. The van der Waals surface area contributed by atoms with E-state index in [1.165, 1.54) is 29.3 Å². The quantitative estimate of drug-likeness (QED) is 0.761. The molecule has 0 aliphatic carbocycles. The summed E-state index contributed by atoms with van der Waals surface area (Å²) in [7, 11) is 1.60. The number of para-hydroxylation sites is 2. The topological polar surface area (TPSA) is 62.3 Å². The molecule has 5 nitrogen and oxygen atoms in total. The van der Waals surface area contributed by atoms with Gasteiger partial charge >= 0.3 is 0 Å². The van der Waals surface area contributed by atoms with E-state index >= 15 is 0 Å². The number of hydrogen-bond acceptors (Lipinski definition) is 3. The molecule has 0 unspecified atom stereocenters. The van der Waals surface area contributed by atoms with E-state index in [4.69, 9.17) is 0 Å². The fourth-order valence-corrected chi connectivity index (χ4v) is 2.45. The average Bonchev–Trinajstić information content (AvgIpc) is 2.70. The van der Waals surface area contributed by atoms with Crippen molar-refractivity contribution < 1.29 is 18.4 Å². The molecule has 1 heterocycles. The van der Waals surface area contributed by atoms with Crippen LogP contribution in [-0.4, -0.2) is 23.8 Å². The van der Waals surface area contributed by atoms with Gasteiger partial charge in [0.1, 0.15) is 23.0 Å². The third-order valence-corrected chi connectivity index (χ3v) is 3.89. The Morgan fingerprint density at radius 3 is 2.30 bits per heavy atom. The molecule has 0 aliphatic rings. The number of anilines is 2. The number of aromatic nitrogens is 1. The van der Waals surface area contributed by atoms with Gasteiger partial charge in [0.15, 0.2) is 0 Å². The number of carbonyl (C=O) groups excluding carboxylic acids is 2. The van der Waals surface area contributed by atoms with E-state index in [2.05, 4.69) is 10.3 Å². The zero-order valence-corrected chi connectivity index (χ0v) is 14.3. The molecule has 27 heavy (non-hydrogen) atoms. The first kappa shape index (κ1) is 18.2. The van der Waals surface area contributed by atoms with E-state index in [1.54, 1.807) is 31.3 Å². The van der Waals surface area contributed by atoms with E-state index in [0.29, 0.717) is 5.69 Å². The molecule has 0 bridgehead atoms. The van der Waals surface area contributed by atoms with Crippen LogP contribution in [0.4, 0.5) is 20.2 Å². The summed E-state index contributed by atoms with van der Waals surface area (Å²) < 4.78 is 27.4. The fraction of sp³-hybridized carbons (Fsp3) is 0.0500. The van der Waals surface area contributed by atoms with Crippen LogP contribution in [0.5, 0.6) is 0 Å². The van der Waals surface area contributed by atoms with Crippen LogP contribution in [0, 0.1) is 11.6 Å². The Morgan fingerprint density at radius 1 is 0.963 bits per heavy atom. The van der Waals surface area contributed by atoms with E-state index in [1.807, 2.05) is 6.07 Å². The molecule has 0 saturated carbocycles. The van der Waals surface area contributed by atoms with Gasteiger partial charge in [-0.25, -0.2) is 8.78 Å². The average molecular weight is 367 g/mol. The van der Waals surface area contributed by atoms with Crippen molar-refractivity contribution in [1.29, 1.82) is 0 Å². The monoisotopic (exact) mass is 367 g/mol. The number of rotatable bonds is 4. The van der Waals surface area contributed by atoms with Gasteiger partial charge in [-0.05, 0) is 36.4 Å². The summed E-state index contributed by atoms with van der Waals surface area (Å²) in [5, 5.41) is 2.15. The molecule has 2 aromatic carbocycles. The maximum atomic E-state index is 13.7. The van der Waals surface area contributed by atoms with Gasteiger partial charge in [-0.1, -0.05) is 24.3 Å². The summed E-state index contributed by atoms with van der Waals surface area (Å²) >= 11 is 0. The van der Waals surface area contributed by atoms with Crippen molar-refractivity contribution in [3.63, 3.8) is 0 Å². The highest BCUT2D eigenvalue weighted by molar-refractivity contribution is 6.08. The summed E-state index contributed by atoms with van der Waals surface area (Å²) in [6.07, 6.45) is 1.29. The molecule has 3 aromatic rings. The molecule has 0 aliphatic heterocycles. The number of nitrogens with one attached hydrogen (secondary N) is 1. The Balaban J connectivity index is 1.83. The Bertz CT molecular complexity index is 973. The van der Waals surface area contributed by atoms with Gasteiger partial charge in [0, 0.05) is 24.5 Å². The number of amides is 2. The van der Waals surface area contributed by atoms with Crippen LogP contribution in [0.2, 0.25) is 0 Å². The lowest BCUT2D eigenvalue weighted by atomic mass is 10.1. The smallest absolute Gasteiger partial charge is 0.274 e. The first-order chi connectivity index (χ1) is 13.0. The lowest BCUT2D eigenvalue weighted by Crippen LogP contribution is -2.26. The number of benzene rings is 2. The third kappa shape index (κ3) is 3.98. The molecule has 2 amide bonds. The van der Waals surface area contributed by atoms with Crippen molar-refractivity contribution in [3.05, 3.63) is 89.8 Å². The molecule has 0 spiro atoms. The van der Waals surface area contributed by atoms with Crippen LogP contribution >= 0.6 is 0 Å². The zero-order chi connectivity index (χ0) is 19.4. The highest BCUT2D eigenvalue weighted by Gasteiger charge is 2.18. The van der Waals surface area contributed by atoms with Crippen molar-refractivity contribution in [3.8, 4) is 0 Å². The van der Waals surface area contributed by atoms with Crippen LogP contribution in [0.15, 0.2) is 66.9 Å². The molecular formula is C20H15F2N3O2. The fourth-order valence-electron chi connectivity index (χ4n) is 2.45. The Morgan fingerprint density at radius 2 is 1.63 bits per heavy atom. The van der Waals surface area contributed by atoms with Gasteiger partial charge < -0.3 is 10.2 Å². The first-order valence-electron chi connectivity index (χ1n) is 8.02. The number of carbonyl (C=O) groups is 2. The molecule has 1 N–H and O–H groups in total. The van der Waals surface area contributed by atoms with E-state index in [-0.39, 0.29) is 17.2 Å². The summed E-state index contributed by atoms with van der Waals surface area (Å²) in [6, 6.07) is 15.0. The summed E-state index contributed by atoms with van der Waals surface area (Å²) in [5.74, 6) is -2.98. The van der Waals surface area contributed by atoms with Gasteiger partial charge in [-0.3, -0.25) is 14.6 Å². The largest absolute Gasteiger partial charge is 0.316 e. The molecule has 0 atom stereocenters. The highest BCUT2D eigenvalue weighted by Crippen LogP contribution is 2.19. The molecule has 136 valence electrons. The lowest BCUT2D eigenvalue weighted by molar-refractivity contribution is 0.0993. The Hall–Kier alpha value is -3.61. The van der Waals surface area contributed by atoms with Gasteiger partial charge in [0.2, 0.25) is 0 Å². The molecule has 0 radical (unpaired) electrons. The first-order valence-corrected chi connectivity index (χ1v) is 8.02. The van der Waals surface area contributed by atoms with Crippen molar-refractivity contribution in [1.82, 2.24) is 4.98 Å². The predicted molar refractivity (Wildman–Crippen MR) is 97.7 cm³/mol. The van der Waals surface area contributed by atoms with Crippen LogP contribution in [0.1, 0.15) is 20.8 Å². The third-order valence-electron chi connectivity index (χ3n) is 3.89. The SMILES string of the molecule is CN(C(=O)c1ccnc(C(=O)Nc2c(F)cccc2F)c1)c1ccccc1. The van der Waals surface area contributed by atoms with Gasteiger partial charge in [0.05, 0.1) is 0 Å². The van der Waals surface area contributed by atoms with E-state index < -0.39 is 23.2 Å². The van der Waals surface area contributed by atoms with Crippen LogP contribution in [0.3, 0.4) is 0 Å². The standard InChI is InChI=1S/C20H15F2N3O2/c1-25(14-6-3-2-4-7-14)20(27)13-10-11-23-17(12-13)19(26)24-18-15(21)8-5-9-16(18)22/h2-12H,1H3,(H,24,26). The molecule has 0 fully saturated rings. The minimum absolute atomic E-state index is 0.134. The summed E-state index contributed by atoms with van der Waals surface area (Å²) in [5.41, 5.74) is 0.196. The van der Waals surface area contributed by atoms with Crippen molar-refractivity contribution in [2.45, 2.75) is 0 Å². The molecule has 1 aromatic heterocycles. The summed E-state index contributed by atoms with van der Waals surface area (Å²) in [4.78, 5) is 30.2. The molecular weight excluding hydrogens is 352 g/mol. The number of halogens is 2. The second-order valence-corrected chi connectivity index (χ2v) is 5.68. The second kappa shape index (κ2) is 7.74. The molecule has 0 saturated heterocycles. The van der Waals surface area contributed by atoms with Crippen molar-refractivity contribution in [2.24, 2.45) is 0 Å². The number of nitrogens with zero attached hydrogens (tertiary/aromatic N) is 2. The van der Waals surface area contributed by atoms with Crippen LogP contribution in [0.25, 0.3) is 0 Å². The highest BCUT2D eigenvalue weighted by atomic mass is 19.1. The van der Waals surface area contributed by atoms with Gasteiger partial charge in [-0.2, -0.15) is 0 Å². The van der Waals surface area contributed by atoms with Gasteiger partial charge in [0.25, 0.3) is 11.8 Å². The molecule has 3 rings (SSSR count). The lowest BCUT2D eigenvalue weighted by Gasteiger charge is -2.17. The van der Waals surface area contributed by atoms with Crippen molar-refractivity contribution >= 4 is 23.2 Å². The second-order valence-electron chi connectivity index (χ2n) is 5.68. The van der Waals surface area contributed by atoms with Gasteiger partial charge in [-0.15, -0.1) is 0 Å². The maximum Gasteiger partial charge on any atom is 0.274 e. The van der Waals surface area contributed by atoms with Crippen molar-refractivity contribution in [2.75, 3.05) is 17.3 Å². The predicted octanol–water partition coefficient (Wildman–Crippen LogP) is 3.89. The Kier molecular flexibility index (Phi) is 5.21. The van der Waals surface area contributed by atoms with Crippen LogP contribution < -0.4 is 10.2 Å². The summed E-state index contributed by atoms with van der Waals surface area (Å²) in [6.45, 7) is 0. The molecule has 7 heteroatoms. The normalized spacial score (nSPS) is 10.3. The van der Waals surface area contributed by atoms with Crippen LogP contribution in [-0.2, 0) is 0 Å². The van der Waals surface area contributed by atoms with E-state index in [0.717, 1.165) is 12.1 Å².